The Bertz CT molecular complexity index is 774. The fraction of sp³-hybridized carbons (Fsp3) is 0.182. The van der Waals surface area contributed by atoms with E-state index in [9.17, 15) is 4.79 Å². The molecule has 1 aromatic heterocycles. The second kappa shape index (κ2) is 8.36. The SMILES string of the molecule is O=C(CO)c1cccc(C(Cc2ccccc2)Cc2cccnc2)c1. The number of hydrogen-bond acceptors (Lipinski definition) is 3. The van der Waals surface area contributed by atoms with Gasteiger partial charge in [-0.3, -0.25) is 9.78 Å². The third-order valence-electron chi connectivity index (χ3n) is 4.35. The minimum Gasteiger partial charge on any atom is -0.388 e. The molecule has 0 aliphatic heterocycles. The zero-order valence-corrected chi connectivity index (χ0v) is 14.0. The number of benzene rings is 2. The van der Waals surface area contributed by atoms with E-state index in [1.165, 1.54) is 11.1 Å². The minimum atomic E-state index is -0.463. The molecular formula is C22H21NO2. The maximum atomic E-state index is 11.8. The summed E-state index contributed by atoms with van der Waals surface area (Å²) >= 11 is 0. The Morgan fingerprint density at radius 3 is 2.40 bits per heavy atom. The summed E-state index contributed by atoms with van der Waals surface area (Å²) < 4.78 is 0. The van der Waals surface area contributed by atoms with Gasteiger partial charge in [0.05, 0.1) is 0 Å². The number of aliphatic hydroxyl groups excluding tert-OH is 1. The van der Waals surface area contributed by atoms with Crippen LogP contribution in [0.5, 0.6) is 0 Å². The van der Waals surface area contributed by atoms with Crippen molar-refractivity contribution >= 4 is 5.78 Å². The minimum absolute atomic E-state index is 0.234. The van der Waals surface area contributed by atoms with Crippen molar-refractivity contribution in [3.05, 3.63) is 101 Å². The highest BCUT2D eigenvalue weighted by atomic mass is 16.3. The molecule has 0 aliphatic rings. The summed E-state index contributed by atoms with van der Waals surface area (Å²) in [5, 5.41) is 9.13. The van der Waals surface area contributed by atoms with Crippen molar-refractivity contribution in [3.8, 4) is 0 Å². The van der Waals surface area contributed by atoms with E-state index in [0.29, 0.717) is 5.56 Å². The number of carbonyl (C=O) groups excluding carboxylic acids is 1. The van der Waals surface area contributed by atoms with Crippen LogP contribution in [0.4, 0.5) is 0 Å². The standard InChI is InChI=1S/C22H21NO2/c24-16-22(25)20-10-4-9-19(14-20)21(12-17-6-2-1-3-7-17)13-18-8-5-11-23-15-18/h1-11,14-15,21,24H,12-13,16H2. The molecule has 0 aliphatic carbocycles. The second-order valence-electron chi connectivity index (χ2n) is 6.16. The Morgan fingerprint density at radius 2 is 1.68 bits per heavy atom. The summed E-state index contributed by atoms with van der Waals surface area (Å²) in [7, 11) is 0. The number of nitrogens with zero attached hydrogens (tertiary/aromatic N) is 1. The molecule has 0 saturated heterocycles. The molecule has 126 valence electrons. The normalized spacial score (nSPS) is 11.9. The van der Waals surface area contributed by atoms with Crippen molar-refractivity contribution in [2.24, 2.45) is 0 Å². The van der Waals surface area contributed by atoms with E-state index in [1.807, 2.05) is 42.6 Å². The first-order valence-corrected chi connectivity index (χ1v) is 8.43. The van der Waals surface area contributed by atoms with Crippen LogP contribution in [0.2, 0.25) is 0 Å². The van der Waals surface area contributed by atoms with Gasteiger partial charge in [-0.05, 0) is 47.6 Å². The molecule has 3 aromatic rings. The zero-order chi connectivity index (χ0) is 17.5. The van der Waals surface area contributed by atoms with Crippen LogP contribution in [-0.4, -0.2) is 22.5 Å². The highest BCUT2D eigenvalue weighted by Crippen LogP contribution is 2.26. The summed E-state index contributed by atoms with van der Waals surface area (Å²) in [6.07, 6.45) is 5.39. The molecule has 2 aromatic carbocycles. The van der Waals surface area contributed by atoms with Gasteiger partial charge in [0.1, 0.15) is 6.61 Å². The Balaban J connectivity index is 1.91. The first-order valence-electron chi connectivity index (χ1n) is 8.43. The van der Waals surface area contributed by atoms with E-state index in [1.54, 1.807) is 12.3 Å². The molecular weight excluding hydrogens is 310 g/mol. The number of aliphatic hydroxyl groups is 1. The number of aromatic nitrogens is 1. The molecule has 0 amide bonds. The third kappa shape index (κ3) is 4.61. The summed E-state index contributed by atoms with van der Waals surface area (Å²) in [6, 6.07) is 22.0. The lowest BCUT2D eigenvalue weighted by Gasteiger charge is -2.18. The monoisotopic (exact) mass is 331 g/mol. The molecule has 1 heterocycles. The lowest BCUT2D eigenvalue weighted by atomic mass is 9.86. The number of carbonyl (C=O) groups is 1. The number of rotatable bonds is 7. The van der Waals surface area contributed by atoms with E-state index in [4.69, 9.17) is 5.11 Å². The summed E-state index contributed by atoms with van der Waals surface area (Å²) in [6.45, 7) is -0.463. The Hall–Kier alpha value is -2.78. The average molecular weight is 331 g/mol. The second-order valence-corrected chi connectivity index (χ2v) is 6.16. The molecule has 0 saturated carbocycles. The Labute approximate surface area is 148 Å². The quantitative estimate of drug-likeness (QED) is 0.670. The van der Waals surface area contributed by atoms with E-state index in [2.05, 4.69) is 29.2 Å². The van der Waals surface area contributed by atoms with Crippen LogP contribution >= 0.6 is 0 Å². The van der Waals surface area contributed by atoms with Gasteiger partial charge in [0.15, 0.2) is 5.78 Å². The van der Waals surface area contributed by atoms with Crippen molar-refractivity contribution in [3.63, 3.8) is 0 Å². The zero-order valence-electron chi connectivity index (χ0n) is 14.0. The van der Waals surface area contributed by atoms with Gasteiger partial charge in [-0.2, -0.15) is 0 Å². The molecule has 0 radical (unpaired) electrons. The third-order valence-corrected chi connectivity index (χ3v) is 4.35. The molecule has 1 N–H and O–H groups in total. The fourth-order valence-corrected chi connectivity index (χ4v) is 3.07. The van der Waals surface area contributed by atoms with Gasteiger partial charge < -0.3 is 5.11 Å². The summed E-state index contributed by atoms with van der Waals surface area (Å²) in [4.78, 5) is 16.1. The predicted molar refractivity (Wildman–Crippen MR) is 98.7 cm³/mol. The number of Topliss-reactive ketones (excluding diaryl/α,β-unsaturated/α-hetero) is 1. The highest BCUT2D eigenvalue weighted by Gasteiger charge is 2.15. The van der Waals surface area contributed by atoms with E-state index in [0.717, 1.165) is 18.4 Å². The summed E-state index contributed by atoms with van der Waals surface area (Å²) in [5.41, 5.74) is 4.09. The molecule has 0 spiro atoms. The maximum absolute atomic E-state index is 11.8. The van der Waals surface area contributed by atoms with Gasteiger partial charge in [0.25, 0.3) is 0 Å². The molecule has 1 atom stereocenters. The molecule has 3 rings (SSSR count). The molecule has 1 unspecified atom stereocenters. The Kier molecular flexibility index (Phi) is 5.70. The average Bonchev–Trinajstić information content (AvgIpc) is 2.68. The predicted octanol–water partition coefficient (Wildman–Crippen LogP) is 3.83. The van der Waals surface area contributed by atoms with Crippen molar-refractivity contribution in [1.29, 1.82) is 0 Å². The first-order chi connectivity index (χ1) is 12.3. The highest BCUT2D eigenvalue weighted by molar-refractivity contribution is 5.97. The topological polar surface area (TPSA) is 50.2 Å². The number of ketones is 1. The summed E-state index contributed by atoms with van der Waals surface area (Å²) in [5.74, 6) is -0.0141. The van der Waals surface area contributed by atoms with Gasteiger partial charge in [-0.25, -0.2) is 0 Å². The van der Waals surface area contributed by atoms with Crippen LogP contribution in [-0.2, 0) is 12.8 Å². The van der Waals surface area contributed by atoms with Gasteiger partial charge in [0, 0.05) is 18.0 Å². The number of pyridine rings is 1. The molecule has 25 heavy (non-hydrogen) atoms. The smallest absolute Gasteiger partial charge is 0.188 e. The first kappa shape index (κ1) is 17.1. The van der Waals surface area contributed by atoms with E-state index in [-0.39, 0.29) is 11.7 Å². The van der Waals surface area contributed by atoms with Crippen molar-refractivity contribution in [1.82, 2.24) is 4.98 Å². The van der Waals surface area contributed by atoms with Crippen molar-refractivity contribution < 1.29 is 9.90 Å². The van der Waals surface area contributed by atoms with E-state index >= 15 is 0 Å². The van der Waals surface area contributed by atoms with E-state index < -0.39 is 6.61 Å². The molecule has 0 bridgehead atoms. The van der Waals surface area contributed by atoms with Gasteiger partial charge in [0.2, 0.25) is 0 Å². The van der Waals surface area contributed by atoms with Crippen LogP contribution < -0.4 is 0 Å². The van der Waals surface area contributed by atoms with Crippen molar-refractivity contribution in [2.45, 2.75) is 18.8 Å². The largest absolute Gasteiger partial charge is 0.388 e. The molecule has 3 nitrogen and oxygen atoms in total. The number of hydrogen-bond donors (Lipinski definition) is 1. The van der Waals surface area contributed by atoms with Crippen LogP contribution in [0.25, 0.3) is 0 Å². The van der Waals surface area contributed by atoms with Gasteiger partial charge >= 0.3 is 0 Å². The van der Waals surface area contributed by atoms with Gasteiger partial charge in [-0.15, -0.1) is 0 Å². The lowest BCUT2D eigenvalue weighted by Crippen LogP contribution is -2.10. The van der Waals surface area contributed by atoms with Crippen LogP contribution in [0.15, 0.2) is 79.1 Å². The maximum Gasteiger partial charge on any atom is 0.188 e. The lowest BCUT2D eigenvalue weighted by molar-refractivity contribution is 0.0903. The molecule has 3 heteroatoms. The Morgan fingerprint density at radius 1 is 0.920 bits per heavy atom. The van der Waals surface area contributed by atoms with Crippen LogP contribution in [0, 0.1) is 0 Å². The molecule has 0 fully saturated rings. The van der Waals surface area contributed by atoms with Crippen LogP contribution in [0.3, 0.4) is 0 Å². The van der Waals surface area contributed by atoms with Gasteiger partial charge in [-0.1, -0.05) is 54.6 Å². The van der Waals surface area contributed by atoms with Crippen LogP contribution in [0.1, 0.15) is 33.0 Å². The fourth-order valence-electron chi connectivity index (χ4n) is 3.07. The van der Waals surface area contributed by atoms with Crippen molar-refractivity contribution in [2.75, 3.05) is 6.61 Å².